The van der Waals surface area contributed by atoms with Gasteiger partial charge in [0.1, 0.15) is 11.6 Å². The molecule has 1 aromatic heterocycles. The summed E-state index contributed by atoms with van der Waals surface area (Å²) in [5, 5.41) is 3.98. The van der Waals surface area contributed by atoms with Gasteiger partial charge in [-0.2, -0.15) is 5.10 Å². The number of benzene rings is 1. The SMILES string of the molecule is Cn1ncc(Br)c1C(N)c1c(F)cc(Br)cc1F. The summed E-state index contributed by atoms with van der Waals surface area (Å²) in [6.07, 6.45) is 1.53. The van der Waals surface area contributed by atoms with Crippen LogP contribution in [-0.2, 0) is 7.05 Å². The molecule has 0 amide bonds. The number of aromatic nitrogens is 2. The Hall–Kier alpha value is -0.790. The van der Waals surface area contributed by atoms with E-state index in [0.29, 0.717) is 14.6 Å². The molecule has 1 aromatic carbocycles. The number of hydrogen-bond acceptors (Lipinski definition) is 2. The lowest BCUT2D eigenvalue weighted by Crippen LogP contribution is -2.19. The zero-order valence-corrected chi connectivity index (χ0v) is 12.5. The van der Waals surface area contributed by atoms with Crippen LogP contribution in [0.4, 0.5) is 8.78 Å². The first kappa shape index (κ1) is 13.6. The van der Waals surface area contributed by atoms with E-state index >= 15 is 0 Å². The molecule has 1 heterocycles. The molecule has 3 nitrogen and oxygen atoms in total. The second kappa shape index (κ2) is 5.07. The molecule has 0 aliphatic carbocycles. The third kappa shape index (κ3) is 2.34. The number of aryl methyl sites for hydroxylation is 1. The molecule has 0 aliphatic heterocycles. The fourth-order valence-corrected chi connectivity index (χ4v) is 2.75. The first-order valence-electron chi connectivity index (χ1n) is 4.99. The minimum atomic E-state index is -0.931. The highest BCUT2D eigenvalue weighted by Gasteiger charge is 2.23. The number of hydrogen-bond donors (Lipinski definition) is 1. The van der Waals surface area contributed by atoms with Gasteiger partial charge in [-0.25, -0.2) is 8.78 Å². The molecule has 0 saturated heterocycles. The molecule has 1 unspecified atom stereocenters. The number of halogens is 4. The molecular formula is C11H9Br2F2N3. The average Bonchev–Trinajstić information content (AvgIpc) is 2.56. The Kier molecular flexibility index (Phi) is 3.84. The summed E-state index contributed by atoms with van der Waals surface area (Å²) in [6.45, 7) is 0. The number of nitrogens with two attached hydrogens (primary N) is 1. The first-order chi connectivity index (χ1) is 8.41. The van der Waals surface area contributed by atoms with Gasteiger partial charge in [-0.3, -0.25) is 4.68 Å². The molecule has 2 N–H and O–H groups in total. The van der Waals surface area contributed by atoms with Crippen LogP contribution in [0.25, 0.3) is 0 Å². The smallest absolute Gasteiger partial charge is 0.132 e. The van der Waals surface area contributed by atoms with Crippen LogP contribution >= 0.6 is 31.9 Å². The van der Waals surface area contributed by atoms with Gasteiger partial charge in [0, 0.05) is 17.1 Å². The van der Waals surface area contributed by atoms with Crippen LogP contribution in [0.2, 0.25) is 0 Å². The number of nitrogens with zero attached hydrogens (tertiary/aromatic N) is 2. The Morgan fingerprint density at radius 1 is 1.28 bits per heavy atom. The Morgan fingerprint density at radius 2 is 1.83 bits per heavy atom. The second-order valence-electron chi connectivity index (χ2n) is 3.76. The van der Waals surface area contributed by atoms with E-state index in [1.54, 1.807) is 7.05 Å². The maximum absolute atomic E-state index is 13.8. The molecule has 0 saturated carbocycles. The molecular weight excluding hydrogens is 372 g/mol. The van der Waals surface area contributed by atoms with Gasteiger partial charge in [-0.15, -0.1) is 0 Å². The topological polar surface area (TPSA) is 43.8 Å². The minimum Gasteiger partial charge on any atom is -0.319 e. The molecule has 2 rings (SSSR count). The average molecular weight is 381 g/mol. The van der Waals surface area contributed by atoms with Crippen LogP contribution in [0.15, 0.2) is 27.3 Å². The molecule has 0 radical (unpaired) electrons. The lowest BCUT2D eigenvalue weighted by atomic mass is 10.0. The summed E-state index contributed by atoms with van der Waals surface area (Å²) >= 11 is 6.29. The van der Waals surface area contributed by atoms with Gasteiger partial charge in [-0.05, 0) is 28.1 Å². The summed E-state index contributed by atoms with van der Waals surface area (Å²) in [4.78, 5) is 0. The van der Waals surface area contributed by atoms with Crippen molar-refractivity contribution in [2.75, 3.05) is 0 Å². The van der Waals surface area contributed by atoms with Crippen molar-refractivity contribution in [3.8, 4) is 0 Å². The molecule has 0 aliphatic rings. The van der Waals surface area contributed by atoms with E-state index in [9.17, 15) is 8.78 Å². The van der Waals surface area contributed by atoms with Gasteiger partial charge in [-0.1, -0.05) is 15.9 Å². The molecule has 7 heteroatoms. The molecule has 96 valence electrons. The Balaban J connectivity index is 2.56. The summed E-state index contributed by atoms with van der Waals surface area (Å²) < 4.78 is 30.1. The van der Waals surface area contributed by atoms with Crippen molar-refractivity contribution in [3.05, 3.63) is 50.2 Å². The van der Waals surface area contributed by atoms with E-state index in [1.807, 2.05) is 0 Å². The van der Waals surface area contributed by atoms with Crippen molar-refractivity contribution < 1.29 is 8.78 Å². The van der Waals surface area contributed by atoms with Crippen LogP contribution in [0.5, 0.6) is 0 Å². The van der Waals surface area contributed by atoms with Crippen molar-refractivity contribution >= 4 is 31.9 Å². The van der Waals surface area contributed by atoms with Crippen molar-refractivity contribution in [2.24, 2.45) is 12.8 Å². The van der Waals surface area contributed by atoms with Crippen LogP contribution in [0, 0.1) is 11.6 Å². The molecule has 1 atom stereocenters. The highest BCUT2D eigenvalue weighted by Crippen LogP contribution is 2.30. The van der Waals surface area contributed by atoms with Crippen LogP contribution in [0.1, 0.15) is 17.3 Å². The van der Waals surface area contributed by atoms with Gasteiger partial charge >= 0.3 is 0 Å². The second-order valence-corrected chi connectivity index (χ2v) is 5.53. The Bertz CT molecular complexity index is 555. The van der Waals surface area contributed by atoms with Crippen molar-refractivity contribution in [1.29, 1.82) is 0 Å². The Labute approximate surface area is 119 Å². The standard InChI is InChI=1S/C11H9Br2F2N3/c1-18-11(6(13)4-17-18)10(16)9-7(14)2-5(12)3-8(9)15/h2-4,10H,16H2,1H3. The predicted molar refractivity (Wildman–Crippen MR) is 71.0 cm³/mol. The first-order valence-corrected chi connectivity index (χ1v) is 6.58. The van der Waals surface area contributed by atoms with E-state index in [2.05, 4.69) is 37.0 Å². The molecule has 0 spiro atoms. The lowest BCUT2D eigenvalue weighted by Gasteiger charge is -2.15. The summed E-state index contributed by atoms with van der Waals surface area (Å²) in [5.74, 6) is -1.38. The normalized spacial score (nSPS) is 12.8. The zero-order valence-electron chi connectivity index (χ0n) is 9.29. The quantitative estimate of drug-likeness (QED) is 0.868. The van der Waals surface area contributed by atoms with Crippen molar-refractivity contribution in [2.45, 2.75) is 6.04 Å². The van der Waals surface area contributed by atoms with Gasteiger partial charge in [0.05, 0.1) is 22.4 Å². The molecule has 2 aromatic rings. The third-order valence-electron chi connectivity index (χ3n) is 2.59. The highest BCUT2D eigenvalue weighted by atomic mass is 79.9. The highest BCUT2D eigenvalue weighted by molar-refractivity contribution is 9.10. The van der Waals surface area contributed by atoms with E-state index in [-0.39, 0.29) is 5.56 Å². The summed E-state index contributed by atoms with van der Waals surface area (Å²) in [5.41, 5.74) is 6.26. The number of rotatable bonds is 2. The molecule has 18 heavy (non-hydrogen) atoms. The van der Waals surface area contributed by atoms with Crippen molar-refractivity contribution in [1.82, 2.24) is 9.78 Å². The van der Waals surface area contributed by atoms with Gasteiger partial charge in [0.2, 0.25) is 0 Å². The van der Waals surface area contributed by atoms with E-state index in [0.717, 1.165) is 0 Å². The predicted octanol–water partition coefficient (Wildman–Crippen LogP) is 3.27. The maximum atomic E-state index is 13.8. The largest absolute Gasteiger partial charge is 0.319 e. The maximum Gasteiger partial charge on any atom is 0.132 e. The van der Waals surface area contributed by atoms with E-state index in [4.69, 9.17) is 5.73 Å². The van der Waals surface area contributed by atoms with E-state index in [1.165, 1.54) is 23.0 Å². The zero-order chi connectivity index (χ0) is 13.4. The van der Waals surface area contributed by atoms with Crippen LogP contribution in [-0.4, -0.2) is 9.78 Å². The van der Waals surface area contributed by atoms with Gasteiger partial charge < -0.3 is 5.73 Å². The van der Waals surface area contributed by atoms with Crippen LogP contribution < -0.4 is 5.73 Å². The molecule has 0 fully saturated rings. The fraction of sp³-hybridized carbons (Fsp3) is 0.182. The summed E-state index contributed by atoms with van der Waals surface area (Å²) in [7, 11) is 1.66. The van der Waals surface area contributed by atoms with Crippen LogP contribution in [0.3, 0.4) is 0 Å². The minimum absolute atomic E-state index is 0.178. The van der Waals surface area contributed by atoms with Gasteiger partial charge in [0.15, 0.2) is 0 Å². The van der Waals surface area contributed by atoms with E-state index < -0.39 is 17.7 Å². The lowest BCUT2D eigenvalue weighted by molar-refractivity contribution is 0.531. The third-order valence-corrected chi connectivity index (χ3v) is 3.66. The van der Waals surface area contributed by atoms with Gasteiger partial charge in [0.25, 0.3) is 0 Å². The fourth-order valence-electron chi connectivity index (χ4n) is 1.76. The Morgan fingerprint density at radius 3 is 2.28 bits per heavy atom. The molecule has 0 bridgehead atoms. The summed E-state index contributed by atoms with van der Waals surface area (Å²) in [6, 6.07) is 1.44. The monoisotopic (exact) mass is 379 g/mol. The van der Waals surface area contributed by atoms with Crippen molar-refractivity contribution in [3.63, 3.8) is 0 Å².